The molecule has 0 radical (unpaired) electrons. The zero-order valence-electron chi connectivity index (χ0n) is 14.3. The van der Waals surface area contributed by atoms with Crippen LogP contribution in [0.4, 0.5) is 11.5 Å². The van der Waals surface area contributed by atoms with E-state index >= 15 is 0 Å². The lowest BCUT2D eigenvalue weighted by Gasteiger charge is -2.26. The van der Waals surface area contributed by atoms with E-state index in [4.69, 9.17) is 4.74 Å². The number of hydrogen-bond donors (Lipinski definition) is 0. The second-order valence-electron chi connectivity index (χ2n) is 6.74. The van der Waals surface area contributed by atoms with Crippen molar-refractivity contribution >= 4 is 11.5 Å². The highest BCUT2D eigenvalue weighted by Gasteiger charge is 2.29. The first-order valence-corrected chi connectivity index (χ1v) is 8.83. The Morgan fingerprint density at radius 2 is 2.12 bits per heavy atom. The van der Waals surface area contributed by atoms with Gasteiger partial charge in [-0.15, -0.1) is 0 Å². The molecular formula is C17H26N4O3. The first kappa shape index (κ1) is 17.1. The third kappa shape index (κ3) is 4.21. The minimum atomic E-state index is -0.347. The van der Waals surface area contributed by atoms with E-state index in [-0.39, 0.29) is 16.7 Å². The Morgan fingerprint density at radius 1 is 1.33 bits per heavy atom. The summed E-state index contributed by atoms with van der Waals surface area (Å²) in [6, 6.07) is 1.59. The molecule has 2 fully saturated rings. The first-order chi connectivity index (χ1) is 11.6. The first-order valence-electron chi connectivity index (χ1n) is 8.83. The van der Waals surface area contributed by atoms with Crippen molar-refractivity contribution in [2.24, 2.45) is 0 Å². The van der Waals surface area contributed by atoms with Gasteiger partial charge in [0, 0.05) is 31.9 Å². The van der Waals surface area contributed by atoms with Crippen molar-refractivity contribution in [2.45, 2.75) is 38.7 Å². The third-order valence-corrected chi connectivity index (χ3v) is 4.83. The van der Waals surface area contributed by atoms with Gasteiger partial charge >= 0.3 is 5.69 Å². The van der Waals surface area contributed by atoms with E-state index in [0.717, 1.165) is 31.7 Å². The number of nitrogens with zero attached hydrogens (tertiary/aromatic N) is 4. The number of pyridine rings is 1. The molecule has 0 aromatic carbocycles. The summed E-state index contributed by atoms with van der Waals surface area (Å²) in [5.74, 6) is 0.465. The molecule has 0 amide bonds. The van der Waals surface area contributed by atoms with Gasteiger partial charge in [0.2, 0.25) is 5.82 Å². The fourth-order valence-electron chi connectivity index (χ4n) is 3.51. The van der Waals surface area contributed by atoms with Crippen LogP contribution in [0.5, 0.6) is 0 Å². The van der Waals surface area contributed by atoms with E-state index in [1.54, 1.807) is 12.3 Å². The molecule has 7 heteroatoms. The van der Waals surface area contributed by atoms with Gasteiger partial charge in [-0.25, -0.2) is 4.98 Å². The Hall–Kier alpha value is -1.73. The molecule has 2 aliphatic rings. The van der Waals surface area contributed by atoms with Crippen molar-refractivity contribution in [1.29, 1.82) is 0 Å². The van der Waals surface area contributed by atoms with E-state index in [1.807, 2.05) is 11.8 Å². The second kappa shape index (κ2) is 7.90. The molecule has 1 atom stereocenters. The van der Waals surface area contributed by atoms with Crippen molar-refractivity contribution < 1.29 is 9.66 Å². The Kier molecular flexibility index (Phi) is 5.63. The molecule has 0 spiro atoms. The van der Waals surface area contributed by atoms with E-state index in [9.17, 15) is 10.1 Å². The van der Waals surface area contributed by atoms with Gasteiger partial charge < -0.3 is 14.5 Å². The topological polar surface area (TPSA) is 71.7 Å². The standard InChI is InChI=1S/C17H26N4O3/c1-14-11-16(21(22)23)17(18-12-14)20-8-5-15(13-20)24-10-9-19-6-3-2-4-7-19/h11-12,15H,2-10,13H2,1H3/t15-/m0/s1. The van der Waals surface area contributed by atoms with Crippen LogP contribution in [0.2, 0.25) is 0 Å². The number of anilines is 1. The zero-order chi connectivity index (χ0) is 16.9. The highest BCUT2D eigenvalue weighted by atomic mass is 16.6. The summed E-state index contributed by atoms with van der Waals surface area (Å²) >= 11 is 0. The van der Waals surface area contributed by atoms with Crippen molar-refractivity contribution in [3.05, 3.63) is 27.9 Å². The van der Waals surface area contributed by atoms with Gasteiger partial charge in [0.05, 0.1) is 17.6 Å². The highest BCUT2D eigenvalue weighted by molar-refractivity contribution is 5.59. The van der Waals surface area contributed by atoms with Gasteiger partial charge in [0.1, 0.15) is 0 Å². The summed E-state index contributed by atoms with van der Waals surface area (Å²) in [5, 5.41) is 11.3. The number of hydrogen-bond acceptors (Lipinski definition) is 6. The quantitative estimate of drug-likeness (QED) is 0.587. The lowest BCUT2D eigenvalue weighted by atomic mass is 10.1. The number of nitro groups is 1. The van der Waals surface area contributed by atoms with Crippen LogP contribution in [0.3, 0.4) is 0 Å². The molecule has 1 aromatic heterocycles. The summed E-state index contributed by atoms with van der Waals surface area (Å²) in [6.07, 6.45) is 6.65. The molecule has 2 aliphatic heterocycles. The van der Waals surface area contributed by atoms with Crippen LogP contribution < -0.4 is 4.90 Å². The van der Waals surface area contributed by atoms with Crippen LogP contribution in [-0.2, 0) is 4.74 Å². The van der Waals surface area contributed by atoms with Gasteiger partial charge in [-0.3, -0.25) is 10.1 Å². The highest BCUT2D eigenvalue weighted by Crippen LogP contribution is 2.29. The number of rotatable bonds is 6. The molecule has 3 rings (SSSR count). The number of likely N-dealkylation sites (tertiary alicyclic amines) is 1. The lowest BCUT2D eigenvalue weighted by molar-refractivity contribution is -0.384. The Balaban J connectivity index is 1.51. The van der Waals surface area contributed by atoms with Crippen LogP contribution in [0, 0.1) is 17.0 Å². The smallest absolute Gasteiger partial charge is 0.311 e. The average molecular weight is 334 g/mol. The van der Waals surface area contributed by atoms with E-state index in [2.05, 4.69) is 9.88 Å². The number of aromatic nitrogens is 1. The minimum absolute atomic E-state index is 0.0870. The van der Waals surface area contributed by atoms with Crippen molar-refractivity contribution in [1.82, 2.24) is 9.88 Å². The summed E-state index contributed by atoms with van der Waals surface area (Å²) in [4.78, 5) is 19.6. The molecule has 0 N–H and O–H groups in total. The molecule has 0 aliphatic carbocycles. The predicted octanol–water partition coefficient (Wildman–Crippen LogP) is 2.38. The van der Waals surface area contributed by atoms with Gasteiger partial charge in [-0.05, 0) is 44.8 Å². The van der Waals surface area contributed by atoms with Crippen LogP contribution >= 0.6 is 0 Å². The van der Waals surface area contributed by atoms with E-state index < -0.39 is 0 Å². The molecule has 1 aromatic rings. The van der Waals surface area contributed by atoms with Crippen LogP contribution in [0.1, 0.15) is 31.2 Å². The summed E-state index contributed by atoms with van der Waals surface area (Å²) in [5.41, 5.74) is 0.892. The van der Waals surface area contributed by atoms with Crippen molar-refractivity contribution in [3.8, 4) is 0 Å². The Morgan fingerprint density at radius 3 is 2.88 bits per heavy atom. The van der Waals surface area contributed by atoms with Crippen LogP contribution in [0.25, 0.3) is 0 Å². The monoisotopic (exact) mass is 334 g/mol. The molecule has 0 bridgehead atoms. The maximum absolute atomic E-state index is 11.3. The Labute approximate surface area is 142 Å². The van der Waals surface area contributed by atoms with Crippen LogP contribution in [-0.4, -0.2) is 60.2 Å². The van der Waals surface area contributed by atoms with Crippen molar-refractivity contribution in [3.63, 3.8) is 0 Å². The minimum Gasteiger partial charge on any atom is -0.375 e. The summed E-state index contributed by atoms with van der Waals surface area (Å²) < 4.78 is 6.00. The zero-order valence-corrected chi connectivity index (χ0v) is 14.3. The molecular weight excluding hydrogens is 308 g/mol. The van der Waals surface area contributed by atoms with Crippen molar-refractivity contribution in [2.75, 3.05) is 44.2 Å². The predicted molar refractivity (Wildman–Crippen MR) is 92.5 cm³/mol. The lowest BCUT2D eigenvalue weighted by Crippen LogP contribution is -2.34. The maximum Gasteiger partial charge on any atom is 0.311 e. The third-order valence-electron chi connectivity index (χ3n) is 4.83. The summed E-state index contributed by atoms with van der Waals surface area (Å²) in [6.45, 7) is 7.34. The molecule has 0 saturated carbocycles. The number of ether oxygens (including phenoxy) is 1. The van der Waals surface area contributed by atoms with Gasteiger partial charge in [-0.2, -0.15) is 0 Å². The molecule has 3 heterocycles. The van der Waals surface area contributed by atoms with E-state index in [0.29, 0.717) is 12.4 Å². The fraction of sp³-hybridized carbons (Fsp3) is 0.706. The second-order valence-corrected chi connectivity index (χ2v) is 6.74. The maximum atomic E-state index is 11.3. The average Bonchev–Trinajstić information content (AvgIpc) is 3.04. The van der Waals surface area contributed by atoms with E-state index in [1.165, 1.54) is 32.4 Å². The van der Waals surface area contributed by atoms with Crippen LogP contribution in [0.15, 0.2) is 12.3 Å². The number of piperidine rings is 1. The van der Waals surface area contributed by atoms with Gasteiger partial charge in [0.15, 0.2) is 0 Å². The molecule has 0 unspecified atom stereocenters. The van der Waals surface area contributed by atoms with Gasteiger partial charge in [-0.1, -0.05) is 6.42 Å². The Bertz CT molecular complexity index is 575. The molecule has 7 nitrogen and oxygen atoms in total. The number of aryl methyl sites for hydroxylation is 1. The summed E-state index contributed by atoms with van der Waals surface area (Å²) in [7, 11) is 0. The largest absolute Gasteiger partial charge is 0.375 e. The normalized spacial score (nSPS) is 22.0. The SMILES string of the molecule is Cc1cnc(N2CC[C@H](OCCN3CCCCC3)C2)c([N+](=O)[O-])c1. The fourth-order valence-corrected chi connectivity index (χ4v) is 3.51. The molecule has 132 valence electrons. The molecule has 2 saturated heterocycles. The molecule has 24 heavy (non-hydrogen) atoms. The van der Waals surface area contributed by atoms with Gasteiger partial charge in [0.25, 0.3) is 0 Å².